The van der Waals surface area contributed by atoms with Crippen LogP contribution in [0.2, 0.25) is 0 Å². The van der Waals surface area contributed by atoms with Gasteiger partial charge in [0.15, 0.2) is 0 Å². The molecular weight excluding hydrogens is 681 g/mol. The van der Waals surface area contributed by atoms with E-state index in [1.54, 1.807) is 6.08 Å². The minimum Gasteiger partial charge on any atom is -0.456 e. The number of carbonyl (C=O) groups is 1. The van der Waals surface area contributed by atoms with Crippen molar-refractivity contribution < 1.29 is 9.53 Å². The molecule has 6 aliphatic rings. The number of esters is 1. The van der Waals surface area contributed by atoms with Crippen molar-refractivity contribution in [3.63, 3.8) is 0 Å². The van der Waals surface area contributed by atoms with Crippen LogP contribution in [0, 0.1) is 51.2 Å². The summed E-state index contributed by atoms with van der Waals surface area (Å²) in [5.41, 5.74) is 4.81. The molecule has 5 aliphatic carbocycles. The molecule has 5 fully saturated rings. The standard InChI is InChI=1S/C44H68N2O2S.C3H6.C2H6/c1-31-34(32-10-12-33(13-11-32)39(47)48-40(2,3)4)16-19-41(5)35(31)17-20-43(7)38(41)15-14-36-37-9-8-18-44(37,22-21-42(36,43)6)23-24-45-25-26-46-27-29-49-30-28-46;1-3-2;1-2/h10-13,16,31,35-38,45H,8-9,14-15,17-30H2,1-7H3;3H,1H2,2H3;1-2H3/t31?,35?,36?,37-,38?,41?,42-,43?,44?;;/m1../s1. The van der Waals surface area contributed by atoms with Crippen LogP contribution in [0.25, 0.3) is 5.57 Å². The lowest BCUT2D eigenvalue weighted by Gasteiger charge is -2.71. The largest absolute Gasteiger partial charge is 0.456 e. The first-order valence-electron chi connectivity index (χ1n) is 22.3. The molecule has 4 nitrogen and oxygen atoms in total. The zero-order valence-corrected chi connectivity index (χ0v) is 37.3. The van der Waals surface area contributed by atoms with Gasteiger partial charge < -0.3 is 15.0 Å². The molecule has 0 spiro atoms. The van der Waals surface area contributed by atoms with E-state index in [0.29, 0.717) is 33.1 Å². The molecule has 0 bridgehead atoms. The molecule has 5 heteroatoms. The Morgan fingerprint density at radius 1 is 0.926 bits per heavy atom. The van der Waals surface area contributed by atoms with Crippen molar-refractivity contribution in [1.29, 1.82) is 0 Å². The van der Waals surface area contributed by atoms with Gasteiger partial charge >= 0.3 is 5.97 Å². The Labute approximate surface area is 336 Å². The van der Waals surface area contributed by atoms with Gasteiger partial charge in [0, 0.05) is 37.7 Å². The van der Waals surface area contributed by atoms with Crippen molar-refractivity contribution in [2.45, 2.75) is 145 Å². The Morgan fingerprint density at radius 2 is 1.61 bits per heavy atom. The van der Waals surface area contributed by atoms with Gasteiger partial charge in [-0.05, 0) is 173 Å². The normalized spacial score (nSPS) is 37.4. The van der Waals surface area contributed by atoms with Crippen molar-refractivity contribution in [3.05, 3.63) is 54.1 Å². The molecule has 7 unspecified atom stereocenters. The maximum Gasteiger partial charge on any atom is 0.338 e. The first kappa shape index (κ1) is 43.6. The second-order valence-corrected chi connectivity index (χ2v) is 20.9. The first-order chi connectivity index (χ1) is 25.7. The fourth-order valence-electron chi connectivity index (χ4n) is 13.4. The highest BCUT2D eigenvalue weighted by Crippen LogP contribution is 2.76. The summed E-state index contributed by atoms with van der Waals surface area (Å²) in [6.45, 7) is 32.0. The number of nitrogens with one attached hydrogen (secondary N) is 1. The molecule has 0 aromatic heterocycles. The van der Waals surface area contributed by atoms with E-state index in [1.165, 1.54) is 119 Å². The Morgan fingerprint density at radius 3 is 2.28 bits per heavy atom. The summed E-state index contributed by atoms with van der Waals surface area (Å²) in [5, 5.41) is 3.92. The Kier molecular flexibility index (Phi) is 14.5. The number of nitrogens with zero attached hydrogens (tertiary/aromatic N) is 1. The summed E-state index contributed by atoms with van der Waals surface area (Å²) < 4.78 is 5.64. The number of rotatable bonds is 8. The van der Waals surface area contributed by atoms with Crippen molar-refractivity contribution in [2.24, 2.45) is 51.2 Å². The van der Waals surface area contributed by atoms with Crippen LogP contribution in [0.1, 0.15) is 156 Å². The fraction of sp³-hybridized carbons (Fsp3) is 0.776. The number of hydrogen-bond donors (Lipinski definition) is 1. The van der Waals surface area contributed by atoms with E-state index >= 15 is 0 Å². The maximum atomic E-state index is 12.7. The summed E-state index contributed by atoms with van der Waals surface area (Å²) in [7, 11) is 0. The zero-order chi connectivity index (χ0) is 39.4. The number of fused-ring (bicyclic) bond motifs is 7. The Hall–Kier alpha value is -1.56. The van der Waals surface area contributed by atoms with Crippen LogP contribution >= 0.6 is 11.8 Å². The van der Waals surface area contributed by atoms with Gasteiger partial charge in [-0.2, -0.15) is 11.8 Å². The van der Waals surface area contributed by atoms with Crippen molar-refractivity contribution in [3.8, 4) is 0 Å². The number of carbonyl (C=O) groups excluding carboxylic acids is 1. The molecule has 9 atom stereocenters. The average Bonchev–Trinajstić information content (AvgIpc) is 3.57. The zero-order valence-electron chi connectivity index (χ0n) is 36.5. The lowest BCUT2D eigenvalue weighted by atomic mass is 9.33. The van der Waals surface area contributed by atoms with Crippen molar-refractivity contribution >= 4 is 23.3 Å². The third-order valence-electron chi connectivity index (χ3n) is 16.1. The molecule has 1 aromatic rings. The number of benzene rings is 1. The molecule has 0 amide bonds. The number of ether oxygens (including phenoxy) is 1. The van der Waals surface area contributed by atoms with Gasteiger partial charge in [-0.3, -0.25) is 0 Å². The molecule has 1 aliphatic heterocycles. The van der Waals surface area contributed by atoms with Gasteiger partial charge in [-0.1, -0.05) is 72.2 Å². The molecule has 0 radical (unpaired) electrons. The summed E-state index contributed by atoms with van der Waals surface area (Å²) in [6, 6.07) is 8.29. The monoisotopic (exact) mass is 761 g/mol. The summed E-state index contributed by atoms with van der Waals surface area (Å²) in [4.78, 5) is 15.4. The second kappa shape index (κ2) is 17.9. The Bertz CT molecular complexity index is 1430. The van der Waals surface area contributed by atoms with E-state index < -0.39 is 5.60 Å². The second-order valence-electron chi connectivity index (χ2n) is 19.7. The molecule has 304 valence electrons. The van der Waals surface area contributed by atoms with Gasteiger partial charge in [0.2, 0.25) is 0 Å². The smallest absolute Gasteiger partial charge is 0.338 e. The number of allylic oxidation sites excluding steroid dienone is 3. The lowest BCUT2D eigenvalue weighted by molar-refractivity contribution is -0.218. The van der Waals surface area contributed by atoms with Gasteiger partial charge in [-0.25, -0.2) is 4.79 Å². The van der Waals surface area contributed by atoms with Gasteiger partial charge in [0.25, 0.3) is 0 Å². The summed E-state index contributed by atoms with van der Waals surface area (Å²) in [6.07, 6.45) is 20.0. The minimum atomic E-state index is -0.479. The van der Waals surface area contributed by atoms with E-state index in [-0.39, 0.29) is 5.97 Å². The third kappa shape index (κ3) is 8.50. The first-order valence-corrected chi connectivity index (χ1v) is 23.5. The lowest BCUT2D eigenvalue weighted by Crippen LogP contribution is -2.64. The number of thioether (sulfide) groups is 1. The van der Waals surface area contributed by atoms with Gasteiger partial charge in [0.1, 0.15) is 5.60 Å². The third-order valence-corrected chi connectivity index (χ3v) is 17.0. The van der Waals surface area contributed by atoms with Crippen LogP contribution in [0.5, 0.6) is 0 Å². The molecule has 1 N–H and O–H groups in total. The van der Waals surface area contributed by atoms with E-state index in [9.17, 15) is 4.79 Å². The van der Waals surface area contributed by atoms with E-state index in [2.05, 4.69) is 74.5 Å². The van der Waals surface area contributed by atoms with Gasteiger partial charge in [-0.15, -0.1) is 6.58 Å². The quantitative estimate of drug-likeness (QED) is 0.162. The molecule has 1 heterocycles. The van der Waals surface area contributed by atoms with Crippen LogP contribution < -0.4 is 5.32 Å². The van der Waals surface area contributed by atoms with Crippen LogP contribution in [-0.2, 0) is 4.74 Å². The fourth-order valence-corrected chi connectivity index (χ4v) is 14.4. The van der Waals surface area contributed by atoms with Crippen LogP contribution in [-0.4, -0.2) is 60.7 Å². The van der Waals surface area contributed by atoms with E-state index in [0.717, 1.165) is 30.2 Å². The van der Waals surface area contributed by atoms with Gasteiger partial charge in [0.05, 0.1) is 5.56 Å². The van der Waals surface area contributed by atoms with E-state index in [1.807, 2.05) is 53.7 Å². The predicted octanol–water partition coefficient (Wildman–Crippen LogP) is 12.3. The van der Waals surface area contributed by atoms with E-state index in [4.69, 9.17) is 4.74 Å². The topological polar surface area (TPSA) is 41.6 Å². The highest BCUT2D eigenvalue weighted by molar-refractivity contribution is 7.99. The van der Waals surface area contributed by atoms with Crippen LogP contribution in [0.15, 0.2) is 43.0 Å². The maximum absolute atomic E-state index is 12.7. The molecule has 1 saturated heterocycles. The highest BCUT2D eigenvalue weighted by Gasteiger charge is 2.68. The molecule has 1 aromatic carbocycles. The molecular formula is C49H80N2O2S. The van der Waals surface area contributed by atoms with Crippen molar-refractivity contribution in [2.75, 3.05) is 44.2 Å². The summed E-state index contributed by atoms with van der Waals surface area (Å²) in [5.74, 6) is 6.31. The van der Waals surface area contributed by atoms with Crippen molar-refractivity contribution in [1.82, 2.24) is 10.2 Å². The minimum absolute atomic E-state index is 0.232. The molecule has 54 heavy (non-hydrogen) atoms. The highest BCUT2D eigenvalue weighted by atomic mass is 32.2. The Balaban J connectivity index is 0.00000107. The number of hydrogen-bond acceptors (Lipinski definition) is 5. The van der Waals surface area contributed by atoms with Crippen LogP contribution in [0.3, 0.4) is 0 Å². The molecule has 7 rings (SSSR count). The predicted molar refractivity (Wildman–Crippen MR) is 234 cm³/mol. The SMILES string of the molecule is C=CC.CC.CC1C(c2ccc(C(=O)OC(C)(C)C)cc2)=CCC2(C)C1CCC1(C)C2CCC2[C@H]3CCCC3(CCNCCN3CCSCC3)CC[C@]21C. The average molecular weight is 761 g/mol. The summed E-state index contributed by atoms with van der Waals surface area (Å²) >= 11 is 2.12. The molecule has 4 saturated carbocycles. The van der Waals surface area contributed by atoms with Crippen LogP contribution in [0.4, 0.5) is 0 Å².